The number of carbonyl (C=O) groups is 2. The number of urea groups is 1. The van der Waals surface area contributed by atoms with Gasteiger partial charge in [-0.25, -0.2) is 9.18 Å². The average molecular weight is 484 g/mol. The molecule has 3 amide bonds. The van der Waals surface area contributed by atoms with E-state index in [4.69, 9.17) is 4.74 Å². The highest BCUT2D eigenvalue weighted by molar-refractivity contribution is 7.10. The molecule has 0 radical (unpaired) electrons. The highest BCUT2D eigenvalue weighted by atomic mass is 32.1. The summed E-state index contributed by atoms with van der Waals surface area (Å²) in [5, 5.41) is 4.71. The molecule has 0 aliphatic rings. The summed E-state index contributed by atoms with van der Waals surface area (Å²) in [7, 11) is 1.59. The summed E-state index contributed by atoms with van der Waals surface area (Å²) in [6.07, 6.45) is 0.572. The fraction of sp³-hybridized carbons (Fsp3) is 0.308. The van der Waals surface area contributed by atoms with Gasteiger partial charge in [0, 0.05) is 37.4 Å². The lowest BCUT2D eigenvalue weighted by molar-refractivity contribution is -0.133. The minimum absolute atomic E-state index is 0.0951. The summed E-state index contributed by atoms with van der Waals surface area (Å²) in [5.41, 5.74) is 2.49. The quantitative estimate of drug-likeness (QED) is 0.377. The van der Waals surface area contributed by atoms with E-state index in [2.05, 4.69) is 5.32 Å². The minimum Gasteiger partial charge on any atom is -0.385 e. The average Bonchev–Trinajstić information content (AvgIpc) is 3.23. The maximum Gasteiger partial charge on any atom is 0.322 e. The molecule has 3 rings (SSSR count). The van der Waals surface area contributed by atoms with Crippen LogP contribution in [-0.4, -0.2) is 48.5 Å². The van der Waals surface area contributed by atoms with Gasteiger partial charge in [0.2, 0.25) is 5.91 Å². The third kappa shape index (κ3) is 7.67. The van der Waals surface area contributed by atoms with Crippen LogP contribution in [0.2, 0.25) is 0 Å². The Morgan fingerprint density at radius 2 is 1.82 bits per heavy atom. The van der Waals surface area contributed by atoms with Gasteiger partial charge in [0.15, 0.2) is 0 Å². The molecule has 0 aliphatic heterocycles. The summed E-state index contributed by atoms with van der Waals surface area (Å²) in [6.45, 7) is 3.63. The molecule has 180 valence electrons. The van der Waals surface area contributed by atoms with Gasteiger partial charge in [-0.1, -0.05) is 36.4 Å². The van der Waals surface area contributed by atoms with Gasteiger partial charge >= 0.3 is 6.03 Å². The number of thiophene rings is 1. The molecule has 34 heavy (non-hydrogen) atoms. The van der Waals surface area contributed by atoms with Gasteiger partial charge in [-0.3, -0.25) is 4.79 Å². The summed E-state index contributed by atoms with van der Waals surface area (Å²) in [5.74, 6) is -0.608. The Kier molecular flexibility index (Phi) is 9.61. The molecule has 0 spiro atoms. The number of benzene rings is 2. The zero-order valence-corrected chi connectivity index (χ0v) is 20.3. The van der Waals surface area contributed by atoms with Crippen molar-refractivity contribution in [2.75, 3.05) is 32.1 Å². The lowest BCUT2D eigenvalue weighted by Gasteiger charge is -2.28. The van der Waals surface area contributed by atoms with Crippen molar-refractivity contribution >= 4 is 29.0 Å². The Bertz CT molecular complexity index is 1070. The number of anilines is 1. The van der Waals surface area contributed by atoms with E-state index in [1.54, 1.807) is 29.4 Å². The summed E-state index contributed by atoms with van der Waals surface area (Å²) in [4.78, 5) is 30.8. The van der Waals surface area contributed by atoms with Crippen LogP contribution in [-0.2, 0) is 22.6 Å². The smallest absolute Gasteiger partial charge is 0.322 e. The third-order valence-electron chi connectivity index (χ3n) is 5.34. The molecule has 1 heterocycles. The van der Waals surface area contributed by atoms with Gasteiger partial charge in [-0.15, -0.1) is 11.3 Å². The van der Waals surface area contributed by atoms with Crippen LogP contribution in [0.25, 0.3) is 0 Å². The van der Waals surface area contributed by atoms with Crippen molar-refractivity contribution in [1.82, 2.24) is 9.80 Å². The van der Waals surface area contributed by atoms with Crippen LogP contribution in [0.5, 0.6) is 0 Å². The van der Waals surface area contributed by atoms with Crippen LogP contribution in [0.15, 0.2) is 66.0 Å². The van der Waals surface area contributed by atoms with Gasteiger partial charge in [-0.2, -0.15) is 0 Å². The first-order valence-electron chi connectivity index (χ1n) is 11.1. The minimum atomic E-state index is -0.456. The van der Waals surface area contributed by atoms with Gasteiger partial charge in [0.25, 0.3) is 0 Å². The van der Waals surface area contributed by atoms with E-state index in [1.165, 1.54) is 23.1 Å². The molecule has 6 nitrogen and oxygen atoms in total. The molecule has 0 saturated heterocycles. The number of nitrogens with zero attached hydrogens (tertiary/aromatic N) is 2. The Morgan fingerprint density at radius 3 is 2.50 bits per heavy atom. The molecule has 1 N–H and O–H groups in total. The highest BCUT2D eigenvalue weighted by Crippen LogP contribution is 2.20. The van der Waals surface area contributed by atoms with Crippen LogP contribution < -0.4 is 5.32 Å². The second-order valence-corrected chi connectivity index (χ2v) is 8.97. The van der Waals surface area contributed by atoms with Crippen LogP contribution in [0.1, 0.15) is 22.4 Å². The summed E-state index contributed by atoms with van der Waals surface area (Å²) < 4.78 is 18.7. The molecule has 0 aliphatic carbocycles. The van der Waals surface area contributed by atoms with Crippen molar-refractivity contribution in [3.63, 3.8) is 0 Å². The molecule has 0 fully saturated rings. The van der Waals surface area contributed by atoms with Crippen molar-refractivity contribution in [3.05, 3.63) is 87.9 Å². The predicted molar refractivity (Wildman–Crippen MR) is 133 cm³/mol. The van der Waals surface area contributed by atoms with E-state index < -0.39 is 11.8 Å². The first-order valence-corrected chi connectivity index (χ1v) is 12.0. The lowest BCUT2D eigenvalue weighted by Crippen LogP contribution is -2.44. The Balaban J connectivity index is 1.76. The van der Waals surface area contributed by atoms with E-state index in [0.29, 0.717) is 38.3 Å². The van der Waals surface area contributed by atoms with Crippen molar-refractivity contribution < 1.29 is 18.7 Å². The fourth-order valence-corrected chi connectivity index (χ4v) is 4.38. The van der Waals surface area contributed by atoms with Gasteiger partial charge in [-0.05, 0) is 54.1 Å². The zero-order valence-electron chi connectivity index (χ0n) is 19.5. The first-order chi connectivity index (χ1) is 16.5. The molecular formula is C26H30FN3O3S. The molecule has 0 bridgehead atoms. The Morgan fingerprint density at radius 1 is 1.03 bits per heavy atom. The summed E-state index contributed by atoms with van der Waals surface area (Å²) in [6, 6.07) is 17.1. The van der Waals surface area contributed by atoms with Crippen molar-refractivity contribution in [2.45, 2.75) is 26.4 Å². The molecular weight excluding hydrogens is 453 g/mol. The maximum atomic E-state index is 13.6. The number of amides is 3. The first kappa shape index (κ1) is 25.4. The predicted octanol–water partition coefficient (Wildman–Crippen LogP) is 5.30. The van der Waals surface area contributed by atoms with Crippen LogP contribution in [0, 0.1) is 12.7 Å². The van der Waals surface area contributed by atoms with Crippen molar-refractivity contribution in [2.24, 2.45) is 0 Å². The Hall–Kier alpha value is -3.23. The number of nitrogens with one attached hydrogen (secondary N) is 1. The number of carbonyl (C=O) groups excluding carboxylic acids is 2. The second-order valence-electron chi connectivity index (χ2n) is 7.97. The normalized spacial score (nSPS) is 10.7. The number of aryl methyl sites for hydroxylation is 1. The number of rotatable bonds is 11. The molecule has 1 aromatic heterocycles. The van der Waals surface area contributed by atoms with Gasteiger partial charge < -0.3 is 19.9 Å². The number of methoxy groups -OCH3 is 1. The van der Waals surface area contributed by atoms with Crippen LogP contribution >= 0.6 is 11.3 Å². The third-order valence-corrected chi connectivity index (χ3v) is 6.35. The van der Waals surface area contributed by atoms with Crippen LogP contribution in [0.3, 0.4) is 0 Å². The molecule has 8 heteroatoms. The zero-order chi connectivity index (χ0) is 24.3. The number of hydrogen-bond donors (Lipinski definition) is 1. The van der Waals surface area contributed by atoms with Gasteiger partial charge in [0.05, 0.1) is 6.54 Å². The molecule has 0 saturated carbocycles. The monoisotopic (exact) mass is 483 g/mol. The van der Waals surface area contributed by atoms with E-state index in [0.717, 1.165) is 16.0 Å². The van der Waals surface area contributed by atoms with Crippen LogP contribution in [0.4, 0.5) is 14.9 Å². The number of ether oxygens (including phenoxy) is 1. The summed E-state index contributed by atoms with van der Waals surface area (Å²) >= 11 is 1.61. The topological polar surface area (TPSA) is 61.9 Å². The van der Waals surface area contributed by atoms with E-state index >= 15 is 0 Å². The molecule has 2 aromatic carbocycles. The highest BCUT2D eigenvalue weighted by Gasteiger charge is 2.23. The molecule has 0 unspecified atom stereocenters. The fourth-order valence-electron chi connectivity index (χ4n) is 3.46. The number of halogens is 1. The largest absolute Gasteiger partial charge is 0.385 e. The molecule has 0 atom stereocenters. The number of hydrogen-bond acceptors (Lipinski definition) is 4. The van der Waals surface area contributed by atoms with E-state index in [1.807, 2.05) is 48.7 Å². The van der Waals surface area contributed by atoms with E-state index in [9.17, 15) is 14.0 Å². The Labute approximate surface area is 204 Å². The lowest BCUT2D eigenvalue weighted by atomic mass is 10.2. The second kappa shape index (κ2) is 12.9. The maximum absolute atomic E-state index is 13.6. The SMILES string of the molecule is COCCCN(CC(=O)N(Cc1ccccc1)Cc1sccc1C)C(=O)Nc1cccc(F)c1. The van der Waals surface area contributed by atoms with E-state index in [-0.39, 0.29) is 12.5 Å². The standard InChI is InChI=1S/C26H30FN3O3S/c1-20-12-15-34-24(20)18-30(17-21-8-4-3-5-9-21)25(31)19-29(13-7-14-33-2)26(32)28-23-11-6-10-22(27)16-23/h3-6,8-12,15-16H,7,13-14,17-19H2,1-2H3,(H,28,32). The van der Waals surface area contributed by atoms with Gasteiger partial charge in [0.1, 0.15) is 12.4 Å². The molecule has 3 aromatic rings. The van der Waals surface area contributed by atoms with Crippen molar-refractivity contribution in [1.29, 1.82) is 0 Å². The van der Waals surface area contributed by atoms with Crippen molar-refractivity contribution in [3.8, 4) is 0 Å².